The van der Waals surface area contributed by atoms with Gasteiger partial charge in [0.25, 0.3) is 11.7 Å². The number of likely N-dealkylation sites (tertiary alicyclic amines) is 1. The second-order valence-electron chi connectivity index (χ2n) is 8.81. The summed E-state index contributed by atoms with van der Waals surface area (Å²) in [5, 5.41) is 11.3. The second kappa shape index (κ2) is 13.1. The molecule has 2 aromatic rings. The van der Waals surface area contributed by atoms with Gasteiger partial charge < -0.3 is 24.4 Å². The standard InChI is InChI=1S/C29H38N2O5/c1-5-19-35-23-13-9-21(10-14-23)26-25(27(32)22-11-15-24(16-12-22)36-20-6-2)28(33)29(34)31(26)18-17-30(7-3)8-4/h9-16,26,32H,5-8,17-20H2,1-4H3/t26-/m0/s1. The Bertz CT molecular complexity index is 1040. The maximum absolute atomic E-state index is 13.2. The molecule has 0 unspecified atom stereocenters. The molecule has 1 fully saturated rings. The minimum absolute atomic E-state index is 0.101. The van der Waals surface area contributed by atoms with Crippen LogP contribution in [0.4, 0.5) is 0 Å². The molecule has 36 heavy (non-hydrogen) atoms. The molecule has 7 heteroatoms. The number of nitrogens with zero attached hydrogens (tertiary/aromatic N) is 2. The van der Waals surface area contributed by atoms with Crippen molar-refractivity contribution in [3.8, 4) is 11.5 Å². The van der Waals surface area contributed by atoms with E-state index in [0.717, 1.165) is 37.2 Å². The lowest BCUT2D eigenvalue weighted by molar-refractivity contribution is -0.140. The third-order valence-electron chi connectivity index (χ3n) is 6.36. The maximum Gasteiger partial charge on any atom is 0.295 e. The fraction of sp³-hybridized carbons (Fsp3) is 0.448. The summed E-state index contributed by atoms with van der Waals surface area (Å²) in [5.74, 6) is -0.0368. The van der Waals surface area contributed by atoms with Gasteiger partial charge in [-0.3, -0.25) is 9.59 Å². The van der Waals surface area contributed by atoms with Crippen molar-refractivity contribution in [2.45, 2.75) is 46.6 Å². The van der Waals surface area contributed by atoms with Crippen LogP contribution in [0.3, 0.4) is 0 Å². The predicted molar refractivity (Wildman–Crippen MR) is 141 cm³/mol. The van der Waals surface area contributed by atoms with E-state index in [0.29, 0.717) is 37.6 Å². The van der Waals surface area contributed by atoms with Gasteiger partial charge in [-0.2, -0.15) is 0 Å². The Hall–Kier alpha value is -3.32. The molecular weight excluding hydrogens is 456 g/mol. The molecule has 1 N–H and O–H groups in total. The smallest absolute Gasteiger partial charge is 0.295 e. The van der Waals surface area contributed by atoms with E-state index in [1.807, 2.05) is 38.1 Å². The molecule has 2 aromatic carbocycles. The molecule has 0 bridgehead atoms. The minimum Gasteiger partial charge on any atom is -0.507 e. The molecule has 1 aliphatic rings. The van der Waals surface area contributed by atoms with Gasteiger partial charge in [0.2, 0.25) is 0 Å². The average molecular weight is 495 g/mol. The van der Waals surface area contributed by atoms with Gasteiger partial charge in [0.05, 0.1) is 24.8 Å². The van der Waals surface area contributed by atoms with Gasteiger partial charge in [-0.15, -0.1) is 0 Å². The van der Waals surface area contributed by atoms with Crippen molar-refractivity contribution >= 4 is 17.4 Å². The lowest BCUT2D eigenvalue weighted by Crippen LogP contribution is -2.38. The number of ether oxygens (including phenoxy) is 2. The van der Waals surface area contributed by atoms with Gasteiger partial charge >= 0.3 is 0 Å². The molecule has 1 saturated heterocycles. The predicted octanol–water partition coefficient (Wildman–Crippen LogP) is 5.03. The highest BCUT2D eigenvalue weighted by atomic mass is 16.5. The third-order valence-corrected chi connectivity index (χ3v) is 6.36. The number of aliphatic hydroxyl groups excluding tert-OH is 1. The number of Topliss-reactive ketones (excluding diaryl/α,β-unsaturated/α-hetero) is 1. The fourth-order valence-electron chi connectivity index (χ4n) is 4.30. The summed E-state index contributed by atoms with van der Waals surface area (Å²) in [4.78, 5) is 30.2. The summed E-state index contributed by atoms with van der Waals surface area (Å²) in [6, 6.07) is 13.7. The monoisotopic (exact) mass is 494 g/mol. The van der Waals surface area contributed by atoms with E-state index < -0.39 is 17.7 Å². The number of aliphatic hydroxyl groups is 1. The van der Waals surface area contributed by atoms with Gasteiger partial charge in [-0.1, -0.05) is 39.8 Å². The second-order valence-corrected chi connectivity index (χ2v) is 8.81. The molecule has 1 heterocycles. The Kier molecular flexibility index (Phi) is 9.94. The first-order valence-corrected chi connectivity index (χ1v) is 12.9. The van der Waals surface area contributed by atoms with E-state index in [9.17, 15) is 14.7 Å². The summed E-state index contributed by atoms with van der Waals surface area (Å²) in [5.41, 5.74) is 1.32. The highest BCUT2D eigenvalue weighted by Gasteiger charge is 2.46. The molecule has 194 valence electrons. The van der Waals surface area contributed by atoms with Crippen LogP contribution in [0.1, 0.15) is 57.7 Å². The molecule has 0 spiro atoms. The van der Waals surface area contributed by atoms with E-state index in [2.05, 4.69) is 18.7 Å². The highest BCUT2D eigenvalue weighted by Crippen LogP contribution is 2.40. The number of carbonyl (C=O) groups excluding carboxylic acids is 2. The van der Waals surface area contributed by atoms with Crippen molar-refractivity contribution in [2.75, 3.05) is 39.4 Å². The van der Waals surface area contributed by atoms with Crippen LogP contribution in [-0.4, -0.2) is 66.0 Å². The number of rotatable bonds is 13. The van der Waals surface area contributed by atoms with Gasteiger partial charge in [-0.05, 0) is 67.9 Å². The Morgan fingerprint density at radius 2 is 1.39 bits per heavy atom. The van der Waals surface area contributed by atoms with Gasteiger partial charge in [0, 0.05) is 18.7 Å². The quantitative estimate of drug-likeness (QED) is 0.239. The lowest BCUT2D eigenvalue weighted by Gasteiger charge is -2.28. The van der Waals surface area contributed by atoms with Crippen LogP contribution in [-0.2, 0) is 9.59 Å². The zero-order valence-electron chi connectivity index (χ0n) is 21.8. The van der Waals surface area contributed by atoms with Crippen LogP contribution in [0.15, 0.2) is 54.1 Å². The molecule has 0 radical (unpaired) electrons. The molecule has 1 atom stereocenters. The van der Waals surface area contributed by atoms with Crippen molar-refractivity contribution in [3.63, 3.8) is 0 Å². The Morgan fingerprint density at radius 3 is 1.89 bits per heavy atom. The summed E-state index contributed by atoms with van der Waals surface area (Å²) in [6.45, 7) is 12.1. The van der Waals surface area contributed by atoms with E-state index in [1.54, 1.807) is 29.2 Å². The first-order chi connectivity index (χ1) is 17.4. The fourth-order valence-corrected chi connectivity index (χ4v) is 4.30. The summed E-state index contributed by atoms with van der Waals surface area (Å²) in [7, 11) is 0. The van der Waals surface area contributed by atoms with E-state index in [-0.39, 0.29) is 11.3 Å². The minimum atomic E-state index is -0.684. The number of likely N-dealkylation sites (N-methyl/N-ethyl adjacent to an activating group) is 1. The molecule has 7 nitrogen and oxygen atoms in total. The third kappa shape index (κ3) is 6.26. The van der Waals surface area contributed by atoms with Crippen molar-refractivity contribution < 1.29 is 24.2 Å². The zero-order chi connectivity index (χ0) is 26.1. The first-order valence-electron chi connectivity index (χ1n) is 12.9. The lowest BCUT2D eigenvalue weighted by atomic mass is 9.95. The number of amides is 1. The Balaban J connectivity index is 2.01. The first kappa shape index (κ1) is 27.3. The van der Waals surface area contributed by atoms with Crippen molar-refractivity contribution in [3.05, 3.63) is 65.2 Å². The molecular formula is C29H38N2O5. The zero-order valence-corrected chi connectivity index (χ0v) is 21.8. The maximum atomic E-state index is 13.2. The topological polar surface area (TPSA) is 79.3 Å². The van der Waals surface area contributed by atoms with Crippen molar-refractivity contribution in [1.82, 2.24) is 9.80 Å². The van der Waals surface area contributed by atoms with Gasteiger partial charge in [0.15, 0.2) is 0 Å². The summed E-state index contributed by atoms with van der Waals surface area (Å²) >= 11 is 0. The number of benzene rings is 2. The van der Waals surface area contributed by atoms with E-state index >= 15 is 0 Å². The number of hydrogen-bond acceptors (Lipinski definition) is 6. The van der Waals surface area contributed by atoms with Crippen LogP contribution in [0.25, 0.3) is 5.76 Å². The molecule has 3 rings (SSSR count). The van der Waals surface area contributed by atoms with Crippen LogP contribution in [0, 0.1) is 0 Å². The average Bonchev–Trinajstić information content (AvgIpc) is 3.16. The number of ketones is 1. The molecule has 0 aliphatic carbocycles. The molecule has 0 aromatic heterocycles. The molecule has 1 amide bonds. The largest absolute Gasteiger partial charge is 0.507 e. The normalized spacial score (nSPS) is 17.1. The number of carbonyl (C=O) groups is 2. The Morgan fingerprint density at radius 1 is 0.861 bits per heavy atom. The van der Waals surface area contributed by atoms with Crippen molar-refractivity contribution in [1.29, 1.82) is 0 Å². The van der Waals surface area contributed by atoms with E-state index in [4.69, 9.17) is 9.47 Å². The molecule has 1 aliphatic heterocycles. The summed E-state index contributed by atoms with van der Waals surface area (Å²) in [6.07, 6.45) is 1.79. The SMILES string of the molecule is CCCOc1ccc(C(O)=C2C(=O)C(=O)N(CCN(CC)CC)[C@H]2c2ccc(OCCC)cc2)cc1. The summed E-state index contributed by atoms with van der Waals surface area (Å²) < 4.78 is 11.3. The van der Waals surface area contributed by atoms with E-state index in [1.165, 1.54) is 0 Å². The van der Waals surface area contributed by atoms with Crippen LogP contribution in [0.5, 0.6) is 11.5 Å². The van der Waals surface area contributed by atoms with Gasteiger partial charge in [0.1, 0.15) is 17.3 Å². The van der Waals surface area contributed by atoms with Crippen LogP contribution >= 0.6 is 0 Å². The Labute approximate surface area is 214 Å². The van der Waals surface area contributed by atoms with Gasteiger partial charge in [-0.25, -0.2) is 0 Å². The van der Waals surface area contributed by atoms with Crippen molar-refractivity contribution in [2.24, 2.45) is 0 Å². The molecule has 0 saturated carbocycles. The number of hydrogen-bond donors (Lipinski definition) is 1. The van der Waals surface area contributed by atoms with Crippen LogP contribution < -0.4 is 9.47 Å². The van der Waals surface area contributed by atoms with Crippen LogP contribution in [0.2, 0.25) is 0 Å². The highest BCUT2D eigenvalue weighted by molar-refractivity contribution is 6.46.